The fourth-order valence-electron chi connectivity index (χ4n) is 4.93. The highest BCUT2D eigenvalue weighted by Crippen LogP contribution is 2.31. The minimum absolute atomic E-state index is 0.622. The molecule has 0 unspecified atom stereocenters. The number of rotatable bonds is 4. The maximum absolute atomic E-state index is 9.09. The van der Waals surface area contributed by atoms with Crippen molar-refractivity contribution in [3.63, 3.8) is 0 Å². The molecular weight excluding hydrogens is 480 g/mol. The van der Waals surface area contributed by atoms with Gasteiger partial charge in [0.2, 0.25) is 0 Å². The first-order valence-corrected chi connectivity index (χ1v) is 12.5. The number of pyridine rings is 4. The number of hydrogen-bond acceptors (Lipinski definition) is 5. The molecule has 0 spiro atoms. The first-order chi connectivity index (χ1) is 19.3. The van der Waals surface area contributed by atoms with Crippen LogP contribution in [0, 0.1) is 11.3 Å². The summed E-state index contributed by atoms with van der Waals surface area (Å²) in [5, 5.41) is 11.3. The van der Waals surface area contributed by atoms with Crippen molar-refractivity contribution >= 4 is 21.8 Å². The molecule has 182 valence electrons. The van der Waals surface area contributed by atoms with Gasteiger partial charge in [-0.3, -0.25) is 9.55 Å². The van der Waals surface area contributed by atoms with Crippen molar-refractivity contribution in [2.75, 3.05) is 0 Å². The number of benzene rings is 2. The molecule has 0 radical (unpaired) electrons. The van der Waals surface area contributed by atoms with Crippen LogP contribution in [-0.2, 0) is 0 Å². The van der Waals surface area contributed by atoms with E-state index in [0.29, 0.717) is 5.56 Å². The van der Waals surface area contributed by atoms with Gasteiger partial charge in [-0.1, -0.05) is 48.5 Å². The molecule has 0 N–H and O–H groups in total. The van der Waals surface area contributed by atoms with Crippen molar-refractivity contribution in [3.8, 4) is 45.9 Å². The Morgan fingerprint density at radius 2 is 1.15 bits per heavy atom. The molecule has 6 heteroatoms. The van der Waals surface area contributed by atoms with Gasteiger partial charge in [0.1, 0.15) is 5.82 Å². The van der Waals surface area contributed by atoms with Crippen LogP contribution >= 0.6 is 0 Å². The van der Waals surface area contributed by atoms with Crippen LogP contribution in [0.2, 0.25) is 0 Å². The van der Waals surface area contributed by atoms with Crippen molar-refractivity contribution in [2.24, 2.45) is 0 Å². The van der Waals surface area contributed by atoms with Crippen molar-refractivity contribution < 1.29 is 0 Å². The van der Waals surface area contributed by atoms with Gasteiger partial charge in [0, 0.05) is 28.7 Å². The maximum atomic E-state index is 9.09. The molecule has 0 amide bonds. The maximum Gasteiger partial charge on any atom is 0.138 e. The molecule has 6 nitrogen and oxygen atoms in total. The molecule has 0 bridgehead atoms. The van der Waals surface area contributed by atoms with Crippen molar-refractivity contribution in [2.45, 2.75) is 0 Å². The quantitative estimate of drug-likeness (QED) is 0.255. The largest absolute Gasteiger partial charge is 0.294 e. The number of nitrogens with zero attached hydrogens (tertiary/aromatic N) is 6. The number of fused-ring (bicyclic) bond motifs is 3. The highest BCUT2D eigenvalue weighted by atomic mass is 15.1. The lowest BCUT2D eigenvalue weighted by molar-refractivity contribution is 1.07. The van der Waals surface area contributed by atoms with Gasteiger partial charge in [0.25, 0.3) is 0 Å². The molecule has 0 saturated heterocycles. The molecule has 0 aliphatic heterocycles. The SMILES string of the molecule is N#Cc1ccc(-c2cccc(-c3cccc(-c4cccc(-n5c6ccccc6c6cnccc65)n4)n3)n2)cc1. The van der Waals surface area contributed by atoms with E-state index in [4.69, 9.17) is 20.2 Å². The van der Waals surface area contributed by atoms with E-state index >= 15 is 0 Å². The van der Waals surface area contributed by atoms with E-state index in [1.54, 1.807) is 12.1 Å². The van der Waals surface area contributed by atoms with E-state index in [0.717, 1.165) is 61.7 Å². The Bertz CT molecular complexity index is 1980. The van der Waals surface area contributed by atoms with E-state index in [1.807, 2.05) is 97.3 Å². The Morgan fingerprint density at radius 3 is 1.90 bits per heavy atom. The van der Waals surface area contributed by atoms with Crippen molar-refractivity contribution in [1.82, 2.24) is 24.5 Å². The fraction of sp³-hybridized carbons (Fsp3) is 0. The average molecular weight is 501 g/mol. The molecule has 0 saturated carbocycles. The summed E-state index contributed by atoms with van der Waals surface area (Å²) in [6, 6.07) is 37.7. The summed E-state index contributed by atoms with van der Waals surface area (Å²) in [5.41, 5.74) is 7.60. The van der Waals surface area contributed by atoms with Crippen LogP contribution < -0.4 is 0 Å². The average Bonchev–Trinajstić information content (AvgIpc) is 3.36. The topological polar surface area (TPSA) is 80.3 Å². The van der Waals surface area contributed by atoms with E-state index in [-0.39, 0.29) is 0 Å². The van der Waals surface area contributed by atoms with Gasteiger partial charge in [-0.25, -0.2) is 15.0 Å². The van der Waals surface area contributed by atoms with Gasteiger partial charge in [-0.2, -0.15) is 5.26 Å². The zero-order valence-electron chi connectivity index (χ0n) is 20.7. The van der Waals surface area contributed by atoms with Crippen LogP contribution in [-0.4, -0.2) is 24.5 Å². The van der Waals surface area contributed by atoms with Crippen molar-refractivity contribution in [1.29, 1.82) is 5.26 Å². The van der Waals surface area contributed by atoms with Gasteiger partial charge in [0.05, 0.1) is 51.1 Å². The van der Waals surface area contributed by atoms with Crippen LogP contribution in [0.1, 0.15) is 5.56 Å². The zero-order valence-corrected chi connectivity index (χ0v) is 20.7. The first kappa shape index (κ1) is 22.5. The Kier molecular flexibility index (Phi) is 5.39. The second-order valence-corrected chi connectivity index (χ2v) is 9.13. The van der Waals surface area contributed by atoms with Crippen LogP contribution in [0.25, 0.3) is 61.7 Å². The van der Waals surface area contributed by atoms with Crippen molar-refractivity contribution in [3.05, 3.63) is 127 Å². The zero-order chi connectivity index (χ0) is 26.2. The summed E-state index contributed by atoms with van der Waals surface area (Å²) < 4.78 is 2.17. The molecule has 2 aromatic carbocycles. The predicted octanol–water partition coefficient (Wildman–Crippen LogP) is 7.24. The summed E-state index contributed by atoms with van der Waals surface area (Å²) in [5.74, 6) is 0.818. The van der Waals surface area contributed by atoms with E-state index < -0.39 is 0 Å². The van der Waals surface area contributed by atoms with E-state index in [1.165, 1.54) is 0 Å². The number of nitriles is 1. The second kappa shape index (κ2) is 9.33. The smallest absolute Gasteiger partial charge is 0.138 e. The molecule has 7 aromatic rings. The van der Waals surface area contributed by atoms with Gasteiger partial charge in [0.15, 0.2) is 0 Å². The molecule has 0 aliphatic carbocycles. The lowest BCUT2D eigenvalue weighted by atomic mass is 10.1. The summed E-state index contributed by atoms with van der Waals surface area (Å²) in [7, 11) is 0. The lowest BCUT2D eigenvalue weighted by Crippen LogP contribution is -1.99. The Labute approximate surface area is 224 Å². The lowest BCUT2D eigenvalue weighted by Gasteiger charge is -2.10. The Hall–Kier alpha value is -5.67. The molecule has 0 fully saturated rings. The molecule has 39 heavy (non-hydrogen) atoms. The Morgan fingerprint density at radius 1 is 0.538 bits per heavy atom. The van der Waals surface area contributed by atoms with Crippen LogP contribution in [0.4, 0.5) is 0 Å². The summed E-state index contributed by atoms with van der Waals surface area (Å²) in [4.78, 5) is 19.2. The normalized spacial score (nSPS) is 11.1. The van der Waals surface area contributed by atoms with Gasteiger partial charge < -0.3 is 0 Å². The standard InChI is InChI=1S/C33H20N6/c34-20-22-14-16-23(17-15-22)26-7-3-8-27(36-26)28-9-4-10-29(37-28)30-11-5-13-33(38-30)39-31-12-2-1-6-24(31)25-21-35-19-18-32(25)39/h1-19,21H. The van der Waals surface area contributed by atoms with E-state index in [2.05, 4.69) is 27.8 Å². The molecule has 7 rings (SSSR count). The van der Waals surface area contributed by atoms with Gasteiger partial charge in [-0.15, -0.1) is 0 Å². The van der Waals surface area contributed by atoms with E-state index in [9.17, 15) is 0 Å². The molecule has 0 aliphatic rings. The first-order valence-electron chi connectivity index (χ1n) is 12.5. The highest BCUT2D eigenvalue weighted by Gasteiger charge is 2.14. The van der Waals surface area contributed by atoms with Crippen LogP contribution in [0.3, 0.4) is 0 Å². The third-order valence-corrected chi connectivity index (χ3v) is 6.77. The highest BCUT2D eigenvalue weighted by molar-refractivity contribution is 6.08. The second-order valence-electron chi connectivity index (χ2n) is 9.13. The third-order valence-electron chi connectivity index (χ3n) is 6.77. The van der Waals surface area contributed by atoms with Gasteiger partial charge in [-0.05, 0) is 60.7 Å². The minimum atomic E-state index is 0.622. The summed E-state index contributed by atoms with van der Waals surface area (Å²) >= 11 is 0. The fourth-order valence-corrected chi connectivity index (χ4v) is 4.93. The van der Waals surface area contributed by atoms with Crippen LogP contribution in [0.5, 0.6) is 0 Å². The monoisotopic (exact) mass is 500 g/mol. The molecule has 0 atom stereocenters. The Balaban J connectivity index is 1.29. The molecular formula is C33H20N6. The molecule has 5 aromatic heterocycles. The molecule has 5 heterocycles. The summed E-state index contributed by atoms with van der Waals surface area (Å²) in [6.45, 7) is 0. The number of hydrogen-bond donors (Lipinski definition) is 0. The summed E-state index contributed by atoms with van der Waals surface area (Å²) in [6.07, 6.45) is 3.72. The van der Waals surface area contributed by atoms with Gasteiger partial charge >= 0.3 is 0 Å². The number of aromatic nitrogens is 5. The minimum Gasteiger partial charge on any atom is -0.294 e. The van der Waals surface area contributed by atoms with Crippen LogP contribution in [0.15, 0.2) is 122 Å². The third kappa shape index (κ3) is 3.99. The predicted molar refractivity (Wildman–Crippen MR) is 153 cm³/mol. The number of para-hydroxylation sites is 1.